The van der Waals surface area contributed by atoms with Crippen molar-refractivity contribution >= 4 is 17.9 Å². The van der Waals surface area contributed by atoms with Crippen molar-refractivity contribution < 1.29 is 28.6 Å². The lowest BCUT2D eigenvalue weighted by Crippen LogP contribution is -2.30. The Balaban J connectivity index is 4.24. The maximum absolute atomic E-state index is 12.8. The van der Waals surface area contributed by atoms with Crippen molar-refractivity contribution in [3.8, 4) is 0 Å². The molecule has 0 heterocycles. The highest BCUT2D eigenvalue weighted by molar-refractivity contribution is 5.71. The van der Waals surface area contributed by atoms with E-state index >= 15 is 0 Å². The van der Waals surface area contributed by atoms with E-state index in [2.05, 4.69) is 27.7 Å². The highest BCUT2D eigenvalue weighted by atomic mass is 16.6. The van der Waals surface area contributed by atoms with Gasteiger partial charge in [-0.05, 0) is 25.2 Å². The van der Waals surface area contributed by atoms with E-state index in [0.29, 0.717) is 19.3 Å². The molecule has 0 aromatic carbocycles. The predicted octanol–water partition coefficient (Wildman–Crippen LogP) is 18.2. The van der Waals surface area contributed by atoms with Crippen LogP contribution in [0.15, 0.2) is 0 Å². The summed E-state index contributed by atoms with van der Waals surface area (Å²) in [6.45, 7) is 9.06. The molecule has 0 aliphatic heterocycles. The third-order valence-corrected chi connectivity index (χ3v) is 13.2. The van der Waals surface area contributed by atoms with Gasteiger partial charge in [0.25, 0.3) is 0 Å². The molecule has 6 heteroatoms. The van der Waals surface area contributed by atoms with Crippen molar-refractivity contribution in [3.63, 3.8) is 0 Å². The van der Waals surface area contributed by atoms with Gasteiger partial charge in [-0.3, -0.25) is 14.4 Å². The molecular formula is C56H108O6. The fourth-order valence-corrected chi connectivity index (χ4v) is 8.54. The predicted molar refractivity (Wildman–Crippen MR) is 266 cm³/mol. The first-order valence-corrected chi connectivity index (χ1v) is 27.9. The summed E-state index contributed by atoms with van der Waals surface area (Å²) in [6, 6.07) is 0. The second-order valence-electron chi connectivity index (χ2n) is 19.5. The van der Waals surface area contributed by atoms with Crippen LogP contribution in [-0.4, -0.2) is 37.2 Å². The van der Waals surface area contributed by atoms with E-state index in [0.717, 1.165) is 63.7 Å². The van der Waals surface area contributed by atoms with Crippen LogP contribution in [0.3, 0.4) is 0 Å². The Morgan fingerprint density at radius 1 is 0.323 bits per heavy atom. The first-order valence-electron chi connectivity index (χ1n) is 27.9. The highest BCUT2D eigenvalue weighted by Crippen LogP contribution is 2.18. The SMILES string of the molecule is CCCCCCCCCCCCCCCCCCCCCC(=O)OC[C@H](COC(=O)CCCCCCCCCCCCC(C)CC)OC(=O)CCCCCCCCCCCCC. The molecule has 0 saturated heterocycles. The average Bonchev–Trinajstić information content (AvgIpc) is 3.27. The fraction of sp³-hybridized carbons (Fsp3) is 0.946. The summed E-state index contributed by atoms with van der Waals surface area (Å²) < 4.78 is 16.8. The first-order chi connectivity index (χ1) is 30.4. The number of unbranched alkanes of at least 4 members (excludes halogenated alkanes) is 37. The summed E-state index contributed by atoms with van der Waals surface area (Å²) in [5.74, 6) is 0.0289. The lowest BCUT2D eigenvalue weighted by atomic mass is 9.99. The van der Waals surface area contributed by atoms with Crippen molar-refractivity contribution in [2.24, 2.45) is 5.92 Å². The average molecular weight is 877 g/mol. The molecule has 0 fully saturated rings. The third-order valence-electron chi connectivity index (χ3n) is 13.2. The fourth-order valence-electron chi connectivity index (χ4n) is 8.54. The largest absolute Gasteiger partial charge is 0.462 e. The lowest BCUT2D eigenvalue weighted by molar-refractivity contribution is -0.167. The number of hydrogen-bond acceptors (Lipinski definition) is 6. The highest BCUT2D eigenvalue weighted by Gasteiger charge is 2.19. The minimum absolute atomic E-state index is 0.0624. The zero-order chi connectivity index (χ0) is 45.2. The summed E-state index contributed by atoms with van der Waals surface area (Å²) >= 11 is 0. The molecule has 0 spiro atoms. The quantitative estimate of drug-likeness (QED) is 0.0344. The van der Waals surface area contributed by atoms with Crippen LogP contribution in [0.4, 0.5) is 0 Å². The molecule has 368 valence electrons. The Labute approximate surface area is 387 Å². The summed E-state index contributed by atoms with van der Waals surface area (Å²) in [4.78, 5) is 38.0. The molecule has 0 aromatic rings. The molecule has 0 aliphatic rings. The molecule has 0 aromatic heterocycles. The van der Waals surface area contributed by atoms with E-state index in [9.17, 15) is 14.4 Å². The molecular weight excluding hydrogens is 769 g/mol. The molecule has 0 amide bonds. The van der Waals surface area contributed by atoms with Crippen LogP contribution in [0.25, 0.3) is 0 Å². The second-order valence-corrected chi connectivity index (χ2v) is 19.5. The van der Waals surface area contributed by atoms with Crippen LogP contribution in [0, 0.1) is 5.92 Å². The van der Waals surface area contributed by atoms with Gasteiger partial charge >= 0.3 is 17.9 Å². The number of esters is 3. The topological polar surface area (TPSA) is 78.9 Å². The molecule has 62 heavy (non-hydrogen) atoms. The van der Waals surface area contributed by atoms with E-state index < -0.39 is 6.10 Å². The Hall–Kier alpha value is -1.59. The summed E-state index contributed by atoms with van der Waals surface area (Å²) in [6.07, 6.45) is 53.7. The Morgan fingerprint density at radius 2 is 0.565 bits per heavy atom. The van der Waals surface area contributed by atoms with Crippen LogP contribution in [0.5, 0.6) is 0 Å². The Bertz CT molecular complexity index is 935. The van der Waals surface area contributed by atoms with Crippen LogP contribution >= 0.6 is 0 Å². The molecule has 0 N–H and O–H groups in total. The van der Waals surface area contributed by atoms with E-state index in [4.69, 9.17) is 14.2 Å². The van der Waals surface area contributed by atoms with E-state index in [1.807, 2.05) is 0 Å². The van der Waals surface area contributed by atoms with Gasteiger partial charge in [-0.2, -0.15) is 0 Å². The number of hydrogen-bond donors (Lipinski definition) is 0. The standard InChI is InChI=1S/C56H108O6/c1-5-8-10-12-14-16-18-19-20-21-22-23-24-25-27-31-35-39-43-47-54(57)60-50-53(62-56(59)49-45-41-37-33-26-17-15-13-11-9-6-2)51-61-55(58)48-44-40-36-32-29-28-30-34-38-42-46-52(4)7-3/h52-53H,5-51H2,1-4H3/t52?,53-/m1/s1. The van der Waals surface area contributed by atoms with Gasteiger partial charge in [-0.1, -0.05) is 278 Å². The minimum Gasteiger partial charge on any atom is -0.462 e. The van der Waals surface area contributed by atoms with Crippen LogP contribution < -0.4 is 0 Å². The molecule has 0 radical (unpaired) electrons. The Kier molecular flexibility index (Phi) is 49.1. The normalized spacial score (nSPS) is 12.4. The van der Waals surface area contributed by atoms with E-state index in [1.165, 1.54) is 212 Å². The minimum atomic E-state index is -0.761. The zero-order valence-electron chi connectivity index (χ0n) is 42.3. The molecule has 0 aliphatic carbocycles. The van der Waals surface area contributed by atoms with Crippen molar-refractivity contribution in [3.05, 3.63) is 0 Å². The summed E-state index contributed by atoms with van der Waals surface area (Å²) in [7, 11) is 0. The monoisotopic (exact) mass is 877 g/mol. The van der Waals surface area contributed by atoms with Crippen molar-refractivity contribution in [1.29, 1.82) is 0 Å². The first kappa shape index (κ1) is 60.4. The third kappa shape index (κ3) is 47.9. The maximum atomic E-state index is 12.8. The summed E-state index contributed by atoms with van der Waals surface area (Å²) in [5, 5.41) is 0. The van der Waals surface area contributed by atoms with Crippen molar-refractivity contribution in [2.45, 2.75) is 323 Å². The number of carbonyl (C=O) groups is 3. The van der Waals surface area contributed by atoms with Gasteiger partial charge in [-0.15, -0.1) is 0 Å². The van der Waals surface area contributed by atoms with Gasteiger partial charge in [0.1, 0.15) is 13.2 Å². The Morgan fingerprint density at radius 3 is 0.839 bits per heavy atom. The molecule has 0 rings (SSSR count). The van der Waals surface area contributed by atoms with E-state index in [1.54, 1.807) is 0 Å². The molecule has 1 unspecified atom stereocenters. The van der Waals surface area contributed by atoms with Gasteiger partial charge < -0.3 is 14.2 Å². The van der Waals surface area contributed by atoms with Crippen molar-refractivity contribution in [1.82, 2.24) is 0 Å². The molecule has 0 saturated carbocycles. The number of carbonyl (C=O) groups excluding carboxylic acids is 3. The van der Waals surface area contributed by atoms with Crippen LogP contribution in [0.2, 0.25) is 0 Å². The van der Waals surface area contributed by atoms with Crippen LogP contribution in [0.1, 0.15) is 317 Å². The summed E-state index contributed by atoms with van der Waals surface area (Å²) in [5.41, 5.74) is 0. The maximum Gasteiger partial charge on any atom is 0.306 e. The lowest BCUT2D eigenvalue weighted by Gasteiger charge is -2.18. The second kappa shape index (κ2) is 50.4. The molecule has 0 bridgehead atoms. The van der Waals surface area contributed by atoms with E-state index in [-0.39, 0.29) is 31.1 Å². The van der Waals surface area contributed by atoms with Crippen molar-refractivity contribution in [2.75, 3.05) is 13.2 Å². The zero-order valence-corrected chi connectivity index (χ0v) is 42.3. The van der Waals surface area contributed by atoms with Crippen LogP contribution in [-0.2, 0) is 28.6 Å². The number of rotatable bonds is 51. The smallest absolute Gasteiger partial charge is 0.306 e. The van der Waals surface area contributed by atoms with Gasteiger partial charge in [0, 0.05) is 19.3 Å². The number of ether oxygens (including phenoxy) is 3. The van der Waals surface area contributed by atoms with Gasteiger partial charge in [0.2, 0.25) is 0 Å². The molecule has 6 nitrogen and oxygen atoms in total. The molecule has 2 atom stereocenters. The van der Waals surface area contributed by atoms with Gasteiger partial charge in [0.05, 0.1) is 0 Å². The van der Waals surface area contributed by atoms with Gasteiger partial charge in [-0.25, -0.2) is 0 Å². The van der Waals surface area contributed by atoms with Gasteiger partial charge in [0.15, 0.2) is 6.10 Å².